The molecule has 0 saturated heterocycles. The largest absolute Gasteiger partial charge is 0.369 e. The van der Waals surface area contributed by atoms with Crippen molar-refractivity contribution in [2.75, 3.05) is 11.9 Å². The lowest BCUT2D eigenvalue weighted by Crippen LogP contribution is -2.09. The van der Waals surface area contributed by atoms with Gasteiger partial charge in [0.05, 0.1) is 11.4 Å². The highest BCUT2D eigenvalue weighted by Gasteiger charge is 2.26. The molecule has 0 spiro atoms. The molecule has 0 unspecified atom stereocenters. The lowest BCUT2D eigenvalue weighted by molar-refractivity contribution is 0.745. The molecule has 0 atom stereocenters. The zero-order valence-corrected chi connectivity index (χ0v) is 16.7. The number of nitrogens with zero attached hydrogens (tertiary/aromatic N) is 2. The molecular formula is C26H25N3. The summed E-state index contributed by atoms with van der Waals surface area (Å²) in [5.74, 6) is 1.45. The Balaban J connectivity index is 1.56. The van der Waals surface area contributed by atoms with Crippen molar-refractivity contribution in [2.24, 2.45) is 0 Å². The van der Waals surface area contributed by atoms with Gasteiger partial charge in [-0.2, -0.15) is 5.10 Å². The van der Waals surface area contributed by atoms with Crippen LogP contribution in [0.15, 0.2) is 84.9 Å². The summed E-state index contributed by atoms with van der Waals surface area (Å²) in [6.45, 7) is 3.10. The smallest absolute Gasteiger partial charge is 0.133 e. The first-order valence-corrected chi connectivity index (χ1v) is 10.3. The van der Waals surface area contributed by atoms with E-state index in [4.69, 9.17) is 5.10 Å². The summed E-state index contributed by atoms with van der Waals surface area (Å²) in [5.41, 5.74) is 7.61. The number of rotatable bonds is 5. The summed E-state index contributed by atoms with van der Waals surface area (Å²) in [5, 5.41) is 8.63. The minimum absolute atomic E-state index is 0.295. The van der Waals surface area contributed by atoms with Gasteiger partial charge in [0, 0.05) is 24.4 Å². The van der Waals surface area contributed by atoms with Crippen molar-refractivity contribution >= 4 is 5.82 Å². The first-order valence-electron chi connectivity index (χ1n) is 10.3. The molecule has 5 rings (SSSR count). The Bertz CT molecular complexity index is 1060. The van der Waals surface area contributed by atoms with Crippen LogP contribution < -0.4 is 5.32 Å². The summed E-state index contributed by atoms with van der Waals surface area (Å²) in [6, 6.07) is 30.2. The summed E-state index contributed by atoms with van der Waals surface area (Å²) in [7, 11) is 0. The zero-order chi connectivity index (χ0) is 19.6. The molecule has 3 heteroatoms. The van der Waals surface area contributed by atoms with E-state index < -0.39 is 0 Å². The molecule has 29 heavy (non-hydrogen) atoms. The van der Waals surface area contributed by atoms with Crippen molar-refractivity contribution in [1.82, 2.24) is 9.78 Å². The van der Waals surface area contributed by atoms with Gasteiger partial charge in [-0.3, -0.25) is 0 Å². The molecular weight excluding hydrogens is 354 g/mol. The van der Waals surface area contributed by atoms with Gasteiger partial charge >= 0.3 is 0 Å². The maximum absolute atomic E-state index is 5.08. The molecule has 2 heterocycles. The van der Waals surface area contributed by atoms with Gasteiger partial charge in [0.1, 0.15) is 5.82 Å². The maximum Gasteiger partial charge on any atom is 0.133 e. The number of hydrogen-bond donors (Lipinski definition) is 1. The average Bonchev–Trinajstić information content (AvgIpc) is 3.37. The molecule has 0 aliphatic carbocycles. The second-order valence-electron chi connectivity index (χ2n) is 7.78. The fraction of sp³-hybridized carbons (Fsp3) is 0.192. The molecule has 144 valence electrons. The van der Waals surface area contributed by atoms with E-state index in [0.29, 0.717) is 5.92 Å². The normalized spacial score (nSPS) is 12.8. The summed E-state index contributed by atoms with van der Waals surface area (Å²) >= 11 is 0. The van der Waals surface area contributed by atoms with Crippen LogP contribution in [0.4, 0.5) is 5.82 Å². The lowest BCUT2D eigenvalue weighted by atomic mass is 9.86. The van der Waals surface area contributed by atoms with Crippen LogP contribution in [-0.2, 0) is 12.8 Å². The molecule has 0 radical (unpaired) electrons. The van der Waals surface area contributed by atoms with Crippen LogP contribution in [-0.4, -0.2) is 16.3 Å². The van der Waals surface area contributed by atoms with Gasteiger partial charge < -0.3 is 5.32 Å². The molecule has 1 N–H and O–H groups in total. The van der Waals surface area contributed by atoms with E-state index in [9.17, 15) is 0 Å². The Hall–Kier alpha value is -3.33. The number of fused-ring (bicyclic) bond motifs is 1. The van der Waals surface area contributed by atoms with Gasteiger partial charge in [-0.05, 0) is 36.6 Å². The third kappa shape index (κ3) is 3.44. The number of nitrogens with one attached hydrogen (secondary N) is 1. The van der Waals surface area contributed by atoms with Gasteiger partial charge in [0.25, 0.3) is 0 Å². The van der Waals surface area contributed by atoms with Crippen LogP contribution >= 0.6 is 0 Å². The Labute approximate surface area is 172 Å². The molecule has 1 aliphatic heterocycles. The molecule has 0 bridgehead atoms. The van der Waals surface area contributed by atoms with E-state index in [1.165, 1.54) is 27.9 Å². The van der Waals surface area contributed by atoms with Crippen LogP contribution in [0.1, 0.15) is 33.9 Å². The third-order valence-corrected chi connectivity index (χ3v) is 5.81. The second kappa shape index (κ2) is 7.59. The Morgan fingerprint density at radius 3 is 2.10 bits per heavy atom. The fourth-order valence-electron chi connectivity index (χ4n) is 4.27. The third-order valence-electron chi connectivity index (χ3n) is 5.81. The van der Waals surface area contributed by atoms with E-state index in [2.05, 4.69) is 102 Å². The van der Waals surface area contributed by atoms with E-state index in [-0.39, 0.29) is 0 Å². The zero-order valence-electron chi connectivity index (χ0n) is 16.7. The first kappa shape index (κ1) is 17.7. The molecule has 0 amide bonds. The summed E-state index contributed by atoms with van der Waals surface area (Å²) < 4.78 is 2.09. The summed E-state index contributed by atoms with van der Waals surface area (Å²) in [4.78, 5) is 0. The molecule has 0 fully saturated rings. The minimum atomic E-state index is 0.295. The molecule has 1 aliphatic rings. The number of aryl methyl sites for hydroxylation is 1. The highest BCUT2D eigenvalue weighted by atomic mass is 15.3. The monoisotopic (exact) mass is 379 g/mol. The van der Waals surface area contributed by atoms with Gasteiger partial charge in [-0.1, -0.05) is 78.4 Å². The number of hydrogen-bond acceptors (Lipinski definition) is 2. The molecule has 1 aromatic heterocycles. The van der Waals surface area contributed by atoms with Gasteiger partial charge in [-0.15, -0.1) is 0 Å². The predicted molar refractivity (Wildman–Crippen MR) is 119 cm³/mol. The van der Waals surface area contributed by atoms with Crippen molar-refractivity contribution in [3.8, 4) is 5.69 Å². The lowest BCUT2D eigenvalue weighted by Gasteiger charge is -2.17. The minimum Gasteiger partial charge on any atom is -0.369 e. The van der Waals surface area contributed by atoms with E-state index >= 15 is 0 Å². The Kier molecular flexibility index (Phi) is 4.65. The van der Waals surface area contributed by atoms with E-state index in [1.54, 1.807) is 0 Å². The van der Waals surface area contributed by atoms with Crippen LogP contribution in [0.2, 0.25) is 0 Å². The van der Waals surface area contributed by atoms with Crippen LogP contribution in [0.5, 0.6) is 0 Å². The van der Waals surface area contributed by atoms with Crippen LogP contribution in [0.25, 0.3) is 5.69 Å². The highest BCUT2D eigenvalue weighted by molar-refractivity contribution is 5.57. The van der Waals surface area contributed by atoms with Crippen LogP contribution in [0.3, 0.4) is 0 Å². The number of anilines is 1. The van der Waals surface area contributed by atoms with E-state index in [0.717, 1.165) is 30.9 Å². The van der Waals surface area contributed by atoms with Gasteiger partial charge in [-0.25, -0.2) is 4.68 Å². The second-order valence-corrected chi connectivity index (χ2v) is 7.78. The predicted octanol–water partition coefficient (Wildman–Crippen LogP) is 5.52. The van der Waals surface area contributed by atoms with Gasteiger partial charge in [0.2, 0.25) is 0 Å². The van der Waals surface area contributed by atoms with Crippen molar-refractivity contribution in [1.29, 1.82) is 0 Å². The van der Waals surface area contributed by atoms with Crippen molar-refractivity contribution in [3.05, 3.63) is 113 Å². The molecule has 3 aromatic carbocycles. The standard InChI is InChI=1S/C26H25N3/c1-19-12-14-22(15-13-19)29-26-23(16-17-27-26)25(28-29)18-24(20-8-4-2-5-9-20)21-10-6-3-7-11-21/h2-15,24,27H,16-18H2,1H3. The van der Waals surface area contributed by atoms with Crippen LogP contribution in [0, 0.1) is 6.92 Å². The fourth-order valence-corrected chi connectivity index (χ4v) is 4.27. The summed E-state index contributed by atoms with van der Waals surface area (Å²) in [6.07, 6.45) is 1.93. The highest BCUT2D eigenvalue weighted by Crippen LogP contribution is 2.34. The molecule has 0 saturated carbocycles. The first-order chi connectivity index (χ1) is 14.3. The van der Waals surface area contributed by atoms with Crippen molar-refractivity contribution in [3.63, 3.8) is 0 Å². The SMILES string of the molecule is Cc1ccc(-n2nc(CC(c3ccccc3)c3ccccc3)c3c2NCC3)cc1. The number of aromatic nitrogens is 2. The topological polar surface area (TPSA) is 29.9 Å². The number of benzene rings is 3. The maximum atomic E-state index is 5.08. The van der Waals surface area contributed by atoms with Gasteiger partial charge in [0.15, 0.2) is 0 Å². The molecule has 4 aromatic rings. The van der Waals surface area contributed by atoms with E-state index in [1.807, 2.05) is 0 Å². The Morgan fingerprint density at radius 2 is 1.48 bits per heavy atom. The van der Waals surface area contributed by atoms with Crippen molar-refractivity contribution < 1.29 is 0 Å². The average molecular weight is 380 g/mol. The van der Waals surface area contributed by atoms with Crippen molar-refractivity contribution in [2.45, 2.75) is 25.7 Å². The molecule has 3 nitrogen and oxygen atoms in total. The Morgan fingerprint density at radius 1 is 0.862 bits per heavy atom. The quantitative estimate of drug-likeness (QED) is 0.494.